The minimum Gasteiger partial charge on any atom is -0.330 e. The molecule has 0 aliphatic rings. The topological polar surface area (TPSA) is 38.9 Å². The van der Waals surface area contributed by atoms with Crippen molar-refractivity contribution in [1.82, 2.24) is 4.98 Å². The summed E-state index contributed by atoms with van der Waals surface area (Å²) in [6.07, 6.45) is -5.39. The zero-order valence-corrected chi connectivity index (χ0v) is 7.76. The summed E-state index contributed by atoms with van der Waals surface area (Å²) in [5.74, 6) is 0. The lowest BCUT2D eigenvalue weighted by Crippen LogP contribution is -2.14. The van der Waals surface area contributed by atoms with Crippen LogP contribution in [0.5, 0.6) is 0 Å². The van der Waals surface area contributed by atoms with Crippen molar-refractivity contribution in [2.75, 3.05) is 6.54 Å². The van der Waals surface area contributed by atoms with E-state index < -0.39 is 23.6 Å². The van der Waals surface area contributed by atoms with Crippen LogP contribution in [0.1, 0.15) is 23.8 Å². The van der Waals surface area contributed by atoms with E-state index in [1.807, 2.05) is 0 Å². The monoisotopic (exact) mass is 222 g/mol. The van der Waals surface area contributed by atoms with Gasteiger partial charge in [0.1, 0.15) is 6.17 Å². The molecule has 15 heavy (non-hydrogen) atoms. The molecule has 0 fully saturated rings. The van der Waals surface area contributed by atoms with Gasteiger partial charge >= 0.3 is 6.18 Å². The molecule has 0 amide bonds. The molecule has 0 saturated heterocycles. The summed E-state index contributed by atoms with van der Waals surface area (Å²) in [5.41, 5.74) is 3.45. The lowest BCUT2D eigenvalue weighted by molar-refractivity contribution is -0.139. The molecular formula is C9H10F4N2. The van der Waals surface area contributed by atoms with Crippen molar-refractivity contribution >= 4 is 0 Å². The van der Waals surface area contributed by atoms with Crippen LogP contribution in [0.25, 0.3) is 0 Å². The molecule has 0 aliphatic heterocycles. The number of nitrogens with zero attached hydrogens (tertiary/aromatic N) is 1. The van der Waals surface area contributed by atoms with Gasteiger partial charge in [-0.3, -0.25) is 4.98 Å². The van der Waals surface area contributed by atoms with E-state index in [9.17, 15) is 17.6 Å². The van der Waals surface area contributed by atoms with E-state index in [1.165, 1.54) is 0 Å². The van der Waals surface area contributed by atoms with Crippen LogP contribution in [0.15, 0.2) is 18.3 Å². The third kappa shape index (κ3) is 2.89. The number of hydrogen-bond donors (Lipinski definition) is 1. The normalized spacial score (nSPS) is 13.9. The van der Waals surface area contributed by atoms with Crippen LogP contribution < -0.4 is 5.73 Å². The fourth-order valence-corrected chi connectivity index (χ4v) is 1.19. The van der Waals surface area contributed by atoms with Crippen LogP contribution >= 0.6 is 0 Å². The van der Waals surface area contributed by atoms with E-state index in [4.69, 9.17) is 5.73 Å². The predicted octanol–water partition coefficient (Wildman–Crippen LogP) is 2.46. The minimum atomic E-state index is -4.58. The number of alkyl halides is 4. The van der Waals surface area contributed by atoms with Gasteiger partial charge in [0, 0.05) is 6.20 Å². The number of nitrogens with two attached hydrogens (primary N) is 1. The van der Waals surface area contributed by atoms with Crippen molar-refractivity contribution in [1.29, 1.82) is 0 Å². The van der Waals surface area contributed by atoms with Gasteiger partial charge in [-0.05, 0) is 25.1 Å². The summed E-state index contributed by atoms with van der Waals surface area (Å²) in [4.78, 5) is 3.41. The highest BCUT2D eigenvalue weighted by atomic mass is 19.4. The summed E-state index contributed by atoms with van der Waals surface area (Å²) >= 11 is 0. The second-order valence-corrected chi connectivity index (χ2v) is 2.98. The molecular weight excluding hydrogens is 212 g/mol. The maximum absolute atomic E-state index is 13.3. The highest BCUT2D eigenvalue weighted by Crippen LogP contribution is 2.35. The molecule has 1 heterocycles. The lowest BCUT2D eigenvalue weighted by atomic mass is 10.1. The van der Waals surface area contributed by atoms with Crippen LogP contribution in [0.3, 0.4) is 0 Å². The first-order chi connectivity index (χ1) is 6.96. The highest BCUT2D eigenvalue weighted by molar-refractivity contribution is 5.24. The second kappa shape index (κ2) is 4.57. The molecule has 0 spiro atoms. The van der Waals surface area contributed by atoms with E-state index in [-0.39, 0.29) is 13.0 Å². The molecule has 1 rings (SSSR count). The Morgan fingerprint density at radius 3 is 2.60 bits per heavy atom. The van der Waals surface area contributed by atoms with Gasteiger partial charge in [-0.1, -0.05) is 0 Å². The Balaban J connectivity index is 3.06. The van der Waals surface area contributed by atoms with Gasteiger partial charge in [0.2, 0.25) is 0 Å². The smallest absolute Gasteiger partial charge is 0.330 e. The summed E-state index contributed by atoms with van der Waals surface area (Å²) in [6, 6.07) is 1.94. The average molecular weight is 222 g/mol. The first kappa shape index (κ1) is 11.9. The van der Waals surface area contributed by atoms with Crippen molar-refractivity contribution in [2.24, 2.45) is 5.73 Å². The Morgan fingerprint density at radius 2 is 2.07 bits per heavy atom. The molecule has 1 unspecified atom stereocenters. The number of hydrogen-bond acceptors (Lipinski definition) is 2. The first-order valence-corrected chi connectivity index (χ1v) is 4.33. The van der Waals surface area contributed by atoms with Crippen molar-refractivity contribution in [2.45, 2.75) is 18.8 Å². The van der Waals surface area contributed by atoms with E-state index in [0.29, 0.717) is 0 Å². The lowest BCUT2D eigenvalue weighted by Gasteiger charge is -2.13. The predicted molar refractivity (Wildman–Crippen MR) is 46.8 cm³/mol. The van der Waals surface area contributed by atoms with Gasteiger partial charge in [-0.25, -0.2) is 4.39 Å². The van der Waals surface area contributed by atoms with Crippen LogP contribution in [0, 0.1) is 0 Å². The molecule has 1 aromatic heterocycles. The molecule has 0 bridgehead atoms. The molecule has 2 N–H and O–H groups in total. The van der Waals surface area contributed by atoms with Crippen molar-refractivity contribution in [3.05, 3.63) is 29.6 Å². The largest absolute Gasteiger partial charge is 0.418 e. The average Bonchev–Trinajstić information content (AvgIpc) is 2.17. The number of aromatic nitrogens is 1. The van der Waals surface area contributed by atoms with Gasteiger partial charge in [0.25, 0.3) is 0 Å². The number of halogens is 4. The van der Waals surface area contributed by atoms with Gasteiger partial charge in [-0.2, -0.15) is 13.2 Å². The molecule has 0 saturated carbocycles. The number of pyridine rings is 1. The molecule has 1 aromatic rings. The van der Waals surface area contributed by atoms with Crippen LogP contribution in [0.2, 0.25) is 0 Å². The van der Waals surface area contributed by atoms with Crippen molar-refractivity contribution in [3.8, 4) is 0 Å². The van der Waals surface area contributed by atoms with E-state index >= 15 is 0 Å². The highest BCUT2D eigenvalue weighted by Gasteiger charge is 2.35. The molecule has 0 aliphatic carbocycles. The Morgan fingerprint density at radius 1 is 1.40 bits per heavy atom. The van der Waals surface area contributed by atoms with Gasteiger partial charge in [-0.15, -0.1) is 0 Å². The van der Waals surface area contributed by atoms with Gasteiger partial charge in [0.05, 0.1) is 11.3 Å². The molecule has 6 heteroatoms. The zero-order valence-electron chi connectivity index (χ0n) is 7.76. The molecule has 2 nitrogen and oxygen atoms in total. The summed E-state index contributed by atoms with van der Waals surface area (Å²) in [7, 11) is 0. The fraction of sp³-hybridized carbons (Fsp3) is 0.444. The van der Waals surface area contributed by atoms with Gasteiger partial charge < -0.3 is 5.73 Å². The summed E-state index contributed by atoms with van der Waals surface area (Å²) in [5, 5.41) is 0. The molecule has 84 valence electrons. The molecule has 0 radical (unpaired) electrons. The second-order valence-electron chi connectivity index (χ2n) is 2.98. The SMILES string of the molecule is NCCC(F)c1ncccc1C(F)(F)F. The van der Waals surface area contributed by atoms with Crippen LogP contribution in [-0.4, -0.2) is 11.5 Å². The van der Waals surface area contributed by atoms with Crippen molar-refractivity contribution < 1.29 is 17.6 Å². The Labute approximate surface area is 84.1 Å². The zero-order chi connectivity index (χ0) is 11.5. The molecule has 0 aromatic carbocycles. The van der Waals surface area contributed by atoms with E-state index in [1.54, 1.807) is 0 Å². The maximum Gasteiger partial charge on any atom is 0.418 e. The fourth-order valence-electron chi connectivity index (χ4n) is 1.19. The third-order valence-electron chi connectivity index (χ3n) is 1.86. The van der Waals surface area contributed by atoms with Crippen LogP contribution in [0.4, 0.5) is 17.6 Å². The first-order valence-electron chi connectivity index (χ1n) is 4.33. The standard InChI is InChI=1S/C9H10F4N2/c10-7(3-4-14)8-6(9(11,12)13)2-1-5-15-8/h1-2,5,7H,3-4,14H2. The van der Waals surface area contributed by atoms with E-state index in [2.05, 4.69) is 4.98 Å². The van der Waals surface area contributed by atoms with Crippen molar-refractivity contribution in [3.63, 3.8) is 0 Å². The summed E-state index contributed by atoms with van der Waals surface area (Å²) < 4.78 is 50.5. The minimum absolute atomic E-state index is 0.0188. The van der Waals surface area contributed by atoms with Gasteiger partial charge in [0.15, 0.2) is 0 Å². The number of rotatable bonds is 3. The summed E-state index contributed by atoms with van der Waals surface area (Å²) in [6.45, 7) is -0.0188. The van der Waals surface area contributed by atoms with Crippen LogP contribution in [-0.2, 0) is 6.18 Å². The third-order valence-corrected chi connectivity index (χ3v) is 1.86. The Hall–Kier alpha value is -1.17. The maximum atomic E-state index is 13.3. The Kier molecular flexibility index (Phi) is 3.62. The Bertz CT molecular complexity index is 324. The van der Waals surface area contributed by atoms with E-state index in [0.717, 1.165) is 18.3 Å². The quantitative estimate of drug-likeness (QED) is 0.798. The molecule has 1 atom stereocenters.